The zero-order valence-corrected chi connectivity index (χ0v) is 14.7. The predicted octanol–water partition coefficient (Wildman–Crippen LogP) is 4.10. The maximum absolute atomic E-state index is 11.8. The number of carbonyl (C=O) groups is 1. The first-order valence-electron chi connectivity index (χ1n) is 7.87. The number of amides is 1. The van der Waals surface area contributed by atoms with Gasteiger partial charge >= 0.3 is 0 Å². The Hall–Kier alpha value is -1.65. The van der Waals surface area contributed by atoms with E-state index in [0.29, 0.717) is 26.2 Å². The zero-order valence-electron chi connectivity index (χ0n) is 13.1. The monoisotopic (exact) mass is 375 g/mol. The standard InChI is InChI=1S/C19H22BrNO2/c20-18-9-4-8-17(14-18)15-21-19(22)10-5-12-23-13-11-16-6-2-1-3-7-16/h1-4,6-9,14H,5,10-13,15H2,(H,21,22). The van der Waals surface area contributed by atoms with Gasteiger partial charge < -0.3 is 10.1 Å². The van der Waals surface area contributed by atoms with Crippen LogP contribution < -0.4 is 5.32 Å². The molecule has 122 valence electrons. The average molecular weight is 376 g/mol. The number of ether oxygens (including phenoxy) is 1. The van der Waals surface area contributed by atoms with Gasteiger partial charge in [-0.05, 0) is 36.1 Å². The Balaban J connectivity index is 1.51. The van der Waals surface area contributed by atoms with Crippen molar-refractivity contribution in [2.24, 2.45) is 0 Å². The fraction of sp³-hybridized carbons (Fsp3) is 0.316. The van der Waals surface area contributed by atoms with Gasteiger partial charge in [0, 0.05) is 24.0 Å². The Morgan fingerprint density at radius 3 is 2.57 bits per heavy atom. The summed E-state index contributed by atoms with van der Waals surface area (Å²) in [6, 6.07) is 18.2. The molecule has 0 aliphatic rings. The first kappa shape index (κ1) is 17.7. The van der Waals surface area contributed by atoms with Crippen LogP contribution in [0.3, 0.4) is 0 Å². The van der Waals surface area contributed by atoms with Crippen LogP contribution >= 0.6 is 15.9 Å². The highest BCUT2D eigenvalue weighted by atomic mass is 79.9. The molecule has 23 heavy (non-hydrogen) atoms. The lowest BCUT2D eigenvalue weighted by atomic mass is 10.2. The summed E-state index contributed by atoms with van der Waals surface area (Å²) in [6.45, 7) is 1.88. The Labute approximate surface area is 146 Å². The minimum absolute atomic E-state index is 0.0663. The smallest absolute Gasteiger partial charge is 0.220 e. The van der Waals surface area contributed by atoms with E-state index in [0.717, 1.165) is 22.9 Å². The zero-order chi connectivity index (χ0) is 16.3. The number of hydrogen-bond donors (Lipinski definition) is 1. The minimum Gasteiger partial charge on any atom is -0.381 e. The lowest BCUT2D eigenvalue weighted by molar-refractivity contribution is -0.121. The lowest BCUT2D eigenvalue weighted by Gasteiger charge is -2.07. The van der Waals surface area contributed by atoms with Crippen LogP contribution in [-0.2, 0) is 22.5 Å². The van der Waals surface area contributed by atoms with E-state index in [4.69, 9.17) is 4.74 Å². The van der Waals surface area contributed by atoms with Gasteiger partial charge in [-0.25, -0.2) is 0 Å². The molecule has 0 unspecified atom stereocenters. The van der Waals surface area contributed by atoms with Crippen molar-refractivity contribution in [1.29, 1.82) is 0 Å². The largest absolute Gasteiger partial charge is 0.381 e. The predicted molar refractivity (Wildman–Crippen MR) is 96.2 cm³/mol. The van der Waals surface area contributed by atoms with E-state index in [1.165, 1.54) is 5.56 Å². The van der Waals surface area contributed by atoms with E-state index < -0.39 is 0 Å². The van der Waals surface area contributed by atoms with Crippen LogP contribution in [0.1, 0.15) is 24.0 Å². The maximum Gasteiger partial charge on any atom is 0.220 e. The molecule has 0 spiro atoms. The third-order valence-corrected chi connectivity index (χ3v) is 3.94. The molecule has 2 aromatic rings. The summed E-state index contributed by atoms with van der Waals surface area (Å²) in [5.41, 5.74) is 2.37. The topological polar surface area (TPSA) is 38.3 Å². The van der Waals surface area contributed by atoms with E-state index in [2.05, 4.69) is 33.4 Å². The molecule has 2 rings (SSSR count). The molecule has 0 atom stereocenters. The second kappa shape index (κ2) is 10.2. The van der Waals surface area contributed by atoms with Crippen LogP contribution in [0, 0.1) is 0 Å². The highest BCUT2D eigenvalue weighted by Gasteiger charge is 2.02. The first-order chi connectivity index (χ1) is 11.2. The molecule has 3 nitrogen and oxygen atoms in total. The number of benzene rings is 2. The van der Waals surface area contributed by atoms with Crippen molar-refractivity contribution in [3.05, 3.63) is 70.2 Å². The Kier molecular flexibility index (Phi) is 7.84. The van der Waals surface area contributed by atoms with Crippen molar-refractivity contribution in [3.8, 4) is 0 Å². The summed E-state index contributed by atoms with van der Waals surface area (Å²) < 4.78 is 6.60. The summed E-state index contributed by atoms with van der Waals surface area (Å²) in [6.07, 6.45) is 2.16. The SMILES string of the molecule is O=C(CCCOCCc1ccccc1)NCc1cccc(Br)c1. The van der Waals surface area contributed by atoms with Crippen LogP contribution in [0.15, 0.2) is 59.1 Å². The fourth-order valence-electron chi connectivity index (χ4n) is 2.21. The molecule has 0 aromatic heterocycles. The molecule has 4 heteroatoms. The van der Waals surface area contributed by atoms with E-state index in [1.807, 2.05) is 42.5 Å². The minimum atomic E-state index is 0.0663. The quantitative estimate of drug-likeness (QED) is 0.669. The highest BCUT2D eigenvalue weighted by Crippen LogP contribution is 2.11. The summed E-state index contributed by atoms with van der Waals surface area (Å²) >= 11 is 3.42. The Morgan fingerprint density at radius 1 is 1.00 bits per heavy atom. The lowest BCUT2D eigenvalue weighted by Crippen LogP contribution is -2.22. The van der Waals surface area contributed by atoms with E-state index in [1.54, 1.807) is 0 Å². The Morgan fingerprint density at radius 2 is 1.78 bits per heavy atom. The molecule has 0 heterocycles. The van der Waals surface area contributed by atoms with Crippen LogP contribution in [0.2, 0.25) is 0 Å². The molecular formula is C19H22BrNO2. The van der Waals surface area contributed by atoms with E-state index in [9.17, 15) is 4.79 Å². The Bertz CT molecular complexity index is 601. The van der Waals surface area contributed by atoms with Crippen molar-refractivity contribution in [1.82, 2.24) is 5.32 Å². The molecule has 0 aliphatic heterocycles. The van der Waals surface area contributed by atoms with Gasteiger partial charge in [0.15, 0.2) is 0 Å². The second-order valence-corrected chi connectivity index (χ2v) is 6.27. The summed E-state index contributed by atoms with van der Waals surface area (Å²) in [5.74, 6) is 0.0663. The first-order valence-corrected chi connectivity index (χ1v) is 8.66. The van der Waals surface area contributed by atoms with Crippen LogP contribution in [0.25, 0.3) is 0 Å². The number of halogens is 1. The highest BCUT2D eigenvalue weighted by molar-refractivity contribution is 9.10. The molecule has 0 radical (unpaired) electrons. The van der Waals surface area contributed by atoms with E-state index in [-0.39, 0.29) is 5.91 Å². The van der Waals surface area contributed by atoms with Crippen molar-refractivity contribution < 1.29 is 9.53 Å². The number of hydrogen-bond acceptors (Lipinski definition) is 2. The molecule has 1 amide bonds. The van der Waals surface area contributed by atoms with Crippen LogP contribution in [-0.4, -0.2) is 19.1 Å². The molecule has 0 aliphatic carbocycles. The second-order valence-electron chi connectivity index (χ2n) is 5.36. The molecule has 0 bridgehead atoms. The number of nitrogens with one attached hydrogen (secondary N) is 1. The molecule has 0 saturated carbocycles. The van der Waals surface area contributed by atoms with Crippen molar-refractivity contribution in [2.45, 2.75) is 25.8 Å². The van der Waals surface area contributed by atoms with Crippen molar-refractivity contribution >= 4 is 21.8 Å². The number of carbonyl (C=O) groups excluding carboxylic acids is 1. The average Bonchev–Trinajstić information content (AvgIpc) is 2.57. The fourth-order valence-corrected chi connectivity index (χ4v) is 2.65. The molecule has 0 fully saturated rings. The third kappa shape index (κ3) is 7.44. The summed E-state index contributed by atoms with van der Waals surface area (Å²) in [4.78, 5) is 11.8. The van der Waals surface area contributed by atoms with Crippen LogP contribution in [0.4, 0.5) is 0 Å². The van der Waals surface area contributed by atoms with Crippen molar-refractivity contribution in [2.75, 3.05) is 13.2 Å². The molecule has 2 aromatic carbocycles. The van der Waals surface area contributed by atoms with Crippen molar-refractivity contribution in [3.63, 3.8) is 0 Å². The van der Waals surface area contributed by atoms with Gasteiger partial charge in [-0.2, -0.15) is 0 Å². The van der Waals surface area contributed by atoms with Gasteiger partial charge in [-0.1, -0.05) is 58.4 Å². The van der Waals surface area contributed by atoms with Gasteiger partial charge in [0.1, 0.15) is 0 Å². The molecule has 1 N–H and O–H groups in total. The summed E-state index contributed by atoms with van der Waals surface area (Å²) in [7, 11) is 0. The normalized spacial score (nSPS) is 10.5. The van der Waals surface area contributed by atoms with Gasteiger partial charge in [0.2, 0.25) is 5.91 Å². The van der Waals surface area contributed by atoms with Gasteiger partial charge in [0.05, 0.1) is 6.61 Å². The summed E-state index contributed by atoms with van der Waals surface area (Å²) in [5, 5.41) is 2.93. The van der Waals surface area contributed by atoms with Gasteiger partial charge in [0.25, 0.3) is 0 Å². The van der Waals surface area contributed by atoms with Gasteiger partial charge in [-0.15, -0.1) is 0 Å². The number of rotatable bonds is 9. The molecular weight excluding hydrogens is 354 g/mol. The maximum atomic E-state index is 11.8. The van der Waals surface area contributed by atoms with Crippen LogP contribution in [0.5, 0.6) is 0 Å². The molecule has 0 saturated heterocycles. The van der Waals surface area contributed by atoms with Gasteiger partial charge in [-0.3, -0.25) is 4.79 Å². The van der Waals surface area contributed by atoms with E-state index >= 15 is 0 Å². The third-order valence-electron chi connectivity index (χ3n) is 3.45.